The molecule has 8 nitrogen and oxygen atoms in total. The van der Waals surface area contributed by atoms with Gasteiger partial charge < -0.3 is 25.0 Å². The van der Waals surface area contributed by atoms with E-state index >= 15 is 0 Å². The molecule has 0 radical (unpaired) electrons. The predicted molar refractivity (Wildman–Crippen MR) is 139 cm³/mol. The third-order valence-electron chi connectivity index (χ3n) is 8.69. The van der Waals surface area contributed by atoms with E-state index in [9.17, 15) is 31.5 Å². The van der Waals surface area contributed by atoms with Gasteiger partial charge >= 0.3 is 6.18 Å². The molecule has 4 bridgehead atoms. The Morgan fingerprint density at radius 3 is 2.41 bits per heavy atom. The summed E-state index contributed by atoms with van der Waals surface area (Å²) in [5, 5.41) is 5.76. The number of hydrogen-bond donors (Lipinski definition) is 2. The van der Waals surface area contributed by atoms with Crippen molar-refractivity contribution < 1.29 is 41.0 Å². The molecule has 216 valence electrons. The van der Waals surface area contributed by atoms with Gasteiger partial charge in [-0.15, -0.1) is 0 Å². The van der Waals surface area contributed by atoms with Crippen molar-refractivity contribution in [2.45, 2.75) is 49.5 Å². The van der Waals surface area contributed by atoms with Gasteiger partial charge in [0.25, 0.3) is 11.8 Å². The lowest BCUT2D eigenvalue weighted by molar-refractivity contribution is -0.336. The smallest absolute Gasteiger partial charge is 0.394 e. The molecule has 2 amide bonds. The van der Waals surface area contributed by atoms with E-state index in [0.717, 1.165) is 11.6 Å². The maximum absolute atomic E-state index is 14.3. The molecule has 2 unspecified atom stereocenters. The normalized spacial score (nSPS) is 27.9. The van der Waals surface area contributed by atoms with Crippen molar-refractivity contribution >= 4 is 44.2 Å². The molecule has 3 aromatic rings. The predicted octanol–water partition coefficient (Wildman–Crippen LogP) is 5.03. The Balaban J connectivity index is 1.18. The van der Waals surface area contributed by atoms with Crippen molar-refractivity contribution in [3.63, 3.8) is 0 Å². The highest BCUT2D eigenvalue weighted by molar-refractivity contribution is 7.22. The van der Waals surface area contributed by atoms with Gasteiger partial charge in [0.1, 0.15) is 11.3 Å². The molecule has 2 aromatic carbocycles. The Bertz CT molecular complexity index is 1590. The van der Waals surface area contributed by atoms with E-state index in [4.69, 9.17) is 14.5 Å². The fourth-order valence-corrected chi connectivity index (χ4v) is 7.90. The van der Waals surface area contributed by atoms with Crippen molar-refractivity contribution in [1.29, 1.82) is 0 Å². The molecule has 2 saturated heterocycles. The van der Waals surface area contributed by atoms with Crippen molar-refractivity contribution in [1.82, 2.24) is 10.3 Å². The van der Waals surface area contributed by atoms with Crippen LogP contribution in [0.3, 0.4) is 0 Å². The molecular weight excluding hydrogens is 571 g/mol. The molecule has 2 N–H and O–H groups in total. The lowest BCUT2D eigenvalue weighted by Gasteiger charge is -2.70. The van der Waals surface area contributed by atoms with Gasteiger partial charge in [0, 0.05) is 11.6 Å². The average Bonchev–Trinajstić information content (AvgIpc) is 3.28. The maximum atomic E-state index is 14.3. The first-order valence-electron chi connectivity index (χ1n) is 13.0. The molecule has 41 heavy (non-hydrogen) atoms. The van der Waals surface area contributed by atoms with E-state index in [0.29, 0.717) is 35.6 Å². The van der Waals surface area contributed by atoms with Gasteiger partial charge in [-0.05, 0) is 43.9 Å². The van der Waals surface area contributed by atoms with E-state index in [2.05, 4.69) is 15.5 Å². The van der Waals surface area contributed by atoms with Gasteiger partial charge in [-0.1, -0.05) is 11.3 Å². The second-order valence-corrected chi connectivity index (χ2v) is 12.3. The lowest BCUT2D eigenvalue weighted by Crippen LogP contribution is -2.78. The molecule has 5 fully saturated rings. The number of nitrogens with one attached hydrogen (secondary N) is 2. The minimum absolute atomic E-state index is 0.0957. The number of nitrogens with zero attached hydrogens (tertiary/aromatic N) is 2. The van der Waals surface area contributed by atoms with Crippen molar-refractivity contribution in [3.05, 3.63) is 47.0 Å². The first-order valence-corrected chi connectivity index (χ1v) is 13.8. The Morgan fingerprint density at radius 1 is 1.10 bits per heavy atom. The largest absolute Gasteiger partial charge is 0.496 e. The number of carbonyl (C=O) groups excluding carboxylic acids is 2. The Morgan fingerprint density at radius 2 is 1.78 bits per heavy atom. The standard InChI is InChI=1S/C27H23F5N4O4S/c1-39-19-3-2-17-21(41-24(34-17)36-12-4-13(36)8-40-7-12)20(19)23(38)33-18-6-16(29)15(28)5-14(18)22(37)35-26-9-25(10-26,11-26)27(30,31)32/h2-3,5-6,12-13H,4,7-11H2,1H3,(H,33,38)(H,35,37). The lowest BCUT2D eigenvalue weighted by atomic mass is 9.39. The van der Waals surface area contributed by atoms with Gasteiger partial charge in [-0.25, -0.2) is 13.8 Å². The number of amides is 2. The molecule has 3 saturated carbocycles. The summed E-state index contributed by atoms with van der Waals surface area (Å²) in [5.74, 6) is -4.11. The van der Waals surface area contributed by atoms with Gasteiger partial charge in [-0.3, -0.25) is 9.59 Å². The minimum atomic E-state index is -4.38. The number of aromatic nitrogens is 1. The van der Waals surface area contributed by atoms with Crippen molar-refractivity contribution in [3.8, 4) is 5.75 Å². The van der Waals surface area contributed by atoms with Crippen LogP contribution in [0.4, 0.5) is 32.8 Å². The number of alkyl halides is 3. The molecule has 1 aromatic heterocycles. The van der Waals surface area contributed by atoms with E-state index < -0.39 is 46.1 Å². The van der Waals surface area contributed by atoms with E-state index in [1.165, 1.54) is 18.4 Å². The highest BCUT2D eigenvalue weighted by Crippen LogP contribution is 2.73. The number of anilines is 2. The highest BCUT2D eigenvalue weighted by Gasteiger charge is 2.79. The number of methoxy groups -OCH3 is 1. The second kappa shape index (κ2) is 8.74. The topological polar surface area (TPSA) is 92.8 Å². The van der Waals surface area contributed by atoms with Crippen LogP contribution in [-0.4, -0.2) is 60.9 Å². The second-order valence-electron chi connectivity index (χ2n) is 11.3. The number of carbonyl (C=O) groups is 2. The van der Waals surface area contributed by atoms with Crippen molar-refractivity contribution in [2.24, 2.45) is 5.41 Å². The van der Waals surface area contributed by atoms with E-state index in [-0.39, 0.29) is 48.3 Å². The Labute approximate surface area is 233 Å². The summed E-state index contributed by atoms with van der Waals surface area (Å²) in [6.45, 7) is 1.17. The Hall–Kier alpha value is -3.52. The SMILES string of the molecule is COc1ccc2nc(N3C4COCC3C4)sc2c1C(=O)Nc1cc(F)c(F)cc1C(=O)NC12CC(C(F)(F)F)(C1)C2. The summed E-state index contributed by atoms with van der Waals surface area (Å²) in [7, 11) is 1.38. The first-order chi connectivity index (χ1) is 19.4. The molecule has 2 aliphatic heterocycles. The number of benzene rings is 2. The monoisotopic (exact) mass is 594 g/mol. The fourth-order valence-electron chi connectivity index (χ4n) is 6.66. The van der Waals surface area contributed by atoms with Crippen LogP contribution < -0.4 is 20.3 Å². The molecule has 14 heteroatoms. The molecule has 3 aliphatic carbocycles. The maximum Gasteiger partial charge on any atom is 0.394 e. The number of morpholine rings is 1. The van der Waals surface area contributed by atoms with Crippen LogP contribution in [0, 0.1) is 17.0 Å². The number of halogens is 5. The van der Waals surface area contributed by atoms with Crippen LogP contribution >= 0.6 is 11.3 Å². The summed E-state index contributed by atoms with van der Waals surface area (Å²) in [6, 6.07) is 4.98. The quantitative estimate of drug-likeness (QED) is 0.389. The fraction of sp³-hybridized carbons (Fsp3) is 0.444. The minimum Gasteiger partial charge on any atom is -0.496 e. The van der Waals surface area contributed by atoms with Crippen LogP contribution in [0.25, 0.3) is 10.2 Å². The molecule has 5 aliphatic rings. The summed E-state index contributed by atoms with van der Waals surface area (Å²) >= 11 is 1.29. The number of ether oxygens (including phenoxy) is 2. The van der Waals surface area contributed by atoms with Gasteiger partial charge in [0.15, 0.2) is 16.8 Å². The van der Waals surface area contributed by atoms with Crippen molar-refractivity contribution in [2.75, 3.05) is 30.5 Å². The molecule has 0 spiro atoms. The van der Waals surface area contributed by atoms with Crippen LogP contribution in [0.1, 0.15) is 46.4 Å². The zero-order chi connectivity index (χ0) is 28.9. The third-order valence-corrected chi connectivity index (χ3v) is 9.79. The number of hydrogen-bond acceptors (Lipinski definition) is 7. The summed E-state index contributed by atoms with van der Waals surface area (Å²) in [5.41, 5.74) is -2.98. The summed E-state index contributed by atoms with van der Waals surface area (Å²) in [6.07, 6.45) is -4.22. The summed E-state index contributed by atoms with van der Waals surface area (Å²) in [4.78, 5) is 33.6. The first kappa shape index (κ1) is 26.4. The van der Waals surface area contributed by atoms with Crippen LogP contribution in [0.2, 0.25) is 0 Å². The number of thiazole rings is 1. The van der Waals surface area contributed by atoms with Crippen LogP contribution in [-0.2, 0) is 4.74 Å². The van der Waals surface area contributed by atoms with Crippen LogP contribution in [0.15, 0.2) is 24.3 Å². The molecule has 3 heterocycles. The van der Waals surface area contributed by atoms with Gasteiger partial charge in [-0.2, -0.15) is 13.2 Å². The van der Waals surface area contributed by atoms with Gasteiger partial charge in [0.2, 0.25) is 0 Å². The number of rotatable bonds is 6. The Kier molecular flexibility index (Phi) is 5.63. The van der Waals surface area contributed by atoms with Crippen LogP contribution in [0.5, 0.6) is 5.75 Å². The zero-order valence-corrected chi connectivity index (χ0v) is 22.3. The molecular formula is C27H23F5N4O4S. The zero-order valence-electron chi connectivity index (χ0n) is 21.5. The highest BCUT2D eigenvalue weighted by atomic mass is 32.1. The number of fused-ring (bicyclic) bond motifs is 3. The third kappa shape index (κ3) is 3.90. The van der Waals surface area contributed by atoms with E-state index in [1.54, 1.807) is 12.1 Å². The summed E-state index contributed by atoms with van der Waals surface area (Å²) < 4.78 is 79.7. The van der Waals surface area contributed by atoms with Gasteiger partial charge in [0.05, 0.1) is 59.3 Å². The molecule has 2 atom stereocenters. The van der Waals surface area contributed by atoms with E-state index in [1.807, 2.05) is 0 Å². The molecule has 8 rings (SSSR count). The average molecular weight is 595 g/mol.